The highest BCUT2D eigenvalue weighted by atomic mass is 16.3. The van der Waals surface area contributed by atoms with E-state index in [9.17, 15) is 9.90 Å². The molecule has 0 spiro atoms. The Balaban J connectivity index is 0.000000948. The molecule has 26 heavy (non-hydrogen) atoms. The number of aliphatic hydroxyl groups is 1. The second-order valence-corrected chi connectivity index (χ2v) is 10.5. The zero-order valence-corrected chi connectivity index (χ0v) is 18.1. The highest BCUT2D eigenvalue weighted by molar-refractivity contribution is 5.53. The Kier molecular flexibility index (Phi) is 5.41. The fourth-order valence-corrected chi connectivity index (χ4v) is 8.32. The molecule has 0 amide bonds. The molecule has 1 N–H and O–H groups in total. The normalized spacial score (nSPS) is 54.3. The van der Waals surface area contributed by atoms with E-state index in [2.05, 4.69) is 27.7 Å². The first-order valence-electron chi connectivity index (χ1n) is 11.5. The van der Waals surface area contributed by atoms with E-state index in [-0.39, 0.29) is 5.41 Å². The highest BCUT2D eigenvalue weighted by Crippen LogP contribution is 2.75. The van der Waals surface area contributed by atoms with Gasteiger partial charge in [0, 0.05) is 11.8 Å². The maximum atomic E-state index is 11.7. The lowest BCUT2D eigenvalue weighted by Crippen LogP contribution is -2.61. The summed E-state index contributed by atoms with van der Waals surface area (Å²) in [6.07, 6.45) is 10.1. The first-order valence-corrected chi connectivity index (χ1v) is 11.5. The summed E-state index contributed by atoms with van der Waals surface area (Å²) in [4.78, 5) is 11.4. The third-order valence-electron chi connectivity index (χ3n) is 9.24. The standard InChI is InChI=1S/C22H36O2.C2H6/c1-5-7-21(4)16-6-8-20(3)13-14(2)11-18(20)19(16)15-12-17(15)22(21,24)9-10-23;1-2/h10,14-19,24H,5-9,11-13H2,1-4H3;1-2H3. The molecule has 0 aromatic rings. The minimum Gasteiger partial charge on any atom is -0.389 e. The zero-order valence-electron chi connectivity index (χ0n) is 18.1. The molecule has 0 radical (unpaired) electrons. The quantitative estimate of drug-likeness (QED) is 0.635. The van der Waals surface area contributed by atoms with Crippen LogP contribution in [0.2, 0.25) is 0 Å². The maximum absolute atomic E-state index is 11.7. The molecule has 0 bridgehead atoms. The molecule has 2 heteroatoms. The minimum atomic E-state index is -0.742. The lowest BCUT2D eigenvalue weighted by Gasteiger charge is -2.61. The van der Waals surface area contributed by atoms with Crippen LogP contribution in [-0.4, -0.2) is 17.0 Å². The Morgan fingerprint density at radius 3 is 2.42 bits per heavy atom. The molecule has 4 aliphatic rings. The van der Waals surface area contributed by atoms with E-state index >= 15 is 0 Å². The molecule has 4 fully saturated rings. The molecule has 0 aromatic carbocycles. The zero-order chi connectivity index (χ0) is 19.3. The summed E-state index contributed by atoms with van der Waals surface area (Å²) < 4.78 is 0. The van der Waals surface area contributed by atoms with Gasteiger partial charge in [-0.15, -0.1) is 0 Å². The van der Waals surface area contributed by atoms with Crippen LogP contribution in [0.4, 0.5) is 0 Å². The second kappa shape index (κ2) is 6.90. The van der Waals surface area contributed by atoms with Gasteiger partial charge in [-0.3, -0.25) is 0 Å². The van der Waals surface area contributed by atoms with Gasteiger partial charge in [0.2, 0.25) is 0 Å². The molecule has 0 aromatic heterocycles. The SMILES string of the molecule is CC.CCCC1(C)C2CCC3(C)CC(C)CC3C2C2CC2C1(O)CC=O. The van der Waals surface area contributed by atoms with Crippen molar-refractivity contribution in [3.8, 4) is 0 Å². The largest absolute Gasteiger partial charge is 0.389 e. The molecular formula is C24H42O2. The second-order valence-electron chi connectivity index (χ2n) is 10.5. The number of carbonyl (C=O) groups excluding carboxylic acids is 1. The Bertz CT molecular complexity index is 530. The Morgan fingerprint density at radius 2 is 1.81 bits per heavy atom. The number of rotatable bonds is 4. The van der Waals surface area contributed by atoms with Gasteiger partial charge in [-0.1, -0.05) is 48.0 Å². The smallest absolute Gasteiger partial charge is 0.122 e. The van der Waals surface area contributed by atoms with Crippen molar-refractivity contribution in [3.63, 3.8) is 0 Å². The Labute approximate surface area is 161 Å². The minimum absolute atomic E-state index is 0.0713. The van der Waals surface area contributed by atoms with Crippen molar-refractivity contribution in [2.45, 2.75) is 98.5 Å². The molecule has 4 aliphatic carbocycles. The molecular weight excluding hydrogens is 320 g/mol. The third kappa shape index (κ3) is 2.65. The van der Waals surface area contributed by atoms with Crippen molar-refractivity contribution >= 4 is 6.29 Å². The van der Waals surface area contributed by atoms with Crippen molar-refractivity contribution in [1.82, 2.24) is 0 Å². The van der Waals surface area contributed by atoms with E-state index in [4.69, 9.17) is 0 Å². The predicted molar refractivity (Wildman–Crippen MR) is 108 cm³/mol. The molecule has 0 heterocycles. The molecule has 150 valence electrons. The maximum Gasteiger partial charge on any atom is 0.122 e. The summed E-state index contributed by atoms with van der Waals surface area (Å²) in [6, 6.07) is 0. The van der Waals surface area contributed by atoms with Gasteiger partial charge in [0.05, 0.1) is 5.60 Å². The average Bonchev–Trinajstić information content (AvgIpc) is 3.33. The van der Waals surface area contributed by atoms with Gasteiger partial charge < -0.3 is 9.90 Å². The van der Waals surface area contributed by atoms with E-state index in [1.165, 1.54) is 32.1 Å². The van der Waals surface area contributed by atoms with Crippen molar-refractivity contribution in [2.75, 3.05) is 0 Å². The van der Waals surface area contributed by atoms with Crippen LogP contribution in [0.5, 0.6) is 0 Å². The lowest BCUT2D eigenvalue weighted by atomic mass is 9.45. The molecule has 2 nitrogen and oxygen atoms in total. The number of aldehydes is 1. The van der Waals surface area contributed by atoms with Crippen LogP contribution in [0, 0.1) is 46.3 Å². The topological polar surface area (TPSA) is 37.3 Å². The Hall–Kier alpha value is -0.370. The van der Waals surface area contributed by atoms with E-state index in [1.54, 1.807) is 0 Å². The molecule has 9 atom stereocenters. The van der Waals surface area contributed by atoms with Gasteiger partial charge in [0.15, 0.2) is 0 Å². The summed E-state index contributed by atoms with van der Waals surface area (Å²) >= 11 is 0. The first-order chi connectivity index (χ1) is 12.3. The fourth-order valence-electron chi connectivity index (χ4n) is 8.32. The summed E-state index contributed by atoms with van der Waals surface area (Å²) in [5.41, 5.74) is -0.270. The van der Waals surface area contributed by atoms with Crippen LogP contribution in [0.15, 0.2) is 0 Å². The molecule has 9 unspecified atom stereocenters. The van der Waals surface area contributed by atoms with E-state index < -0.39 is 5.60 Å². The van der Waals surface area contributed by atoms with Crippen LogP contribution in [0.25, 0.3) is 0 Å². The van der Waals surface area contributed by atoms with E-state index in [0.717, 1.165) is 36.9 Å². The number of hydrogen-bond donors (Lipinski definition) is 1. The van der Waals surface area contributed by atoms with Crippen molar-refractivity contribution < 1.29 is 9.90 Å². The summed E-state index contributed by atoms with van der Waals surface area (Å²) in [6.45, 7) is 13.6. The third-order valence-corrected chi connectivity index (χ3v) is 9.24. The van der Waals surface area contributed by atoms with Gasteiger partial charge in [-0.05, 0) is 79.4 Å². The van der Waals surface area contributed by atoms with Crippen molar-refractivity contribution in [2.24, 2.45) is 46.3 Å². The summed E-state index contributed by atoms with van der Waals surface area (Å²) in [7, 11) is 0. The van der Waals surface area contributed by atoms with Crippen LogP contribution in [0.1, 0.15) is 92.9 Å². The van der Waals surface area contributed by atoms with E-state index in [1.807, 2.05) is 13.8 Å². The van der Waals surface area contributed by atoms with Crippen LogP contribution in [-0.2, 0) is 4.79 Å². The number of carbonyl (C=O) groups is 1. The van der Waals surface area contributed by atoms with Gasteiger partial charge in [-0.25, -0.2) is 0 Å². The average molecular weight is 363 g/mol. The number of fused-ring (bicyclic) bond motifs is 5. The number of hydrogen-bond acceptors (Lipinski definition) is 2. The molecule has 4 saturated carbocycles. The van der Waals surface area contributed by atoms with Crippen LogP contribution in [0.3, 0.4) is 0 Å². The molecule has 0 saturated heterocycles. The predicted octanol–water partition coefficient (Wildman–Crippen LogP) is 5.87. The fraction of sp³-hybridized carbons (Fsp3) is 0.958. The van der Waals surface area contributed by atoms with Gasteiger partial charge in [-0.2, -0.15) is 0 Å². The first kappa shape index (κ1) is 20.4. The van der Waals surface area contributed by atoms with Gasteiger partial charge in [0.25, 0.3) is 0 Å². The molecule has 0 aliphatic heterocycles. The molecule has 4 rings (SSSR count). The monoisotopic (exact) mass is 362 g/mol. The van der Waals surface area contributed by atoms with Crippen molar-refractivity contribution in [1.29, 1.82) is 0 Å². The van der Waals surface area contributed by atoms with Crippen molar-refractivity contribution in [3.05, 3.63) is 0 Å². The Morgan fingerprint density at radius 1 is 1.12 bits per heavy atom. The summed E-state index contributed by atoms with van der Waals surface area (Å²) in [5.74, 6) is 4.23. The highest BCUT2D eigenvalue weighted by Gasteiger charge is 2.72. The van der Waals surface area contributed by atoms with Crippen LogP contribution >= 0.6 is 0 Å². The lowest BCUT2D eigenvalue weighted by molar-refractivity contribution is -0.195. The van der Waals surface area contributed by atoms with Gasteiger partial charge in [0.1, 0.15) is 6.29 Å². The van der Waals surface area contributed by atoms with E-state index in [0.29, 0.717) is 29.6 Å². The van der Waals surface area contributed by atoms with Gasteiger partial charge >= 0.3 is 0 Å². The van der Waals surface area contributed by atoms with Crippen LogP contribution < -0.4 is 0 Å². The summed E-state index contributed by atoms with van der Waals surface area (Å²) in [5, 5.41) is 11.7.